The summed E-state index contributed by atoms with van der Waals surface area (Å²) in [6.07, 6.45) is 6.32. The summed E-state index contributed by atoms with van der Waals surface area (Å²) in [6.45, 7) is 3.10. The number of anilines is 2. The Morgan fingerprint density at radius 2 is 2.00 bits per heavy atom. The van der Waals surface area contributed by atoms with E-state index in [-0.39, 0.29) is 17.2 Å². The first-order valence-corrected chi connectivity index (χ1v) is 13.4. The SMILES string of the molecule is COc1cc2ncnc(Nc3ccc(F)c(Cl)c3)c2cc1OC1CCC(NCCN2CCCNC2=O)CC1. The number of amides is 2. The standard InChI is InChI=1S/C27H32ClFN6O3/c1-37-24-15-23-20(26(33-16-32-23)34-18-5-8-22(29)21(28)13-18)14-25(24)38-19-6-3-17(4-7-19)30-10-12-35-11-2-9-31-27(35)36/h5,8,13-17,19,30H,2-4,6-7,9-12H2,1H3,(H,31,36)(H,32,33,34). The van der Waals surface area contributed by atoms with Crippen LogP contribution in [0.2, 0.25) is 5.02 Å². The summed E-state index contributed by atoms with van der Waals surface area (Å²) in [5, 5.41) is 10.5. The van der Waals surface area contributed by atoms with Crippen molar-refractivity contribution in [1.29, 1.82) is 0 Å². The zero-order chi connectivity index (χ0) is 26.5. The van der Waals surface area contributed by atoms with Crippen LogP contribution in [-0.2, 0) is 0 Å². The normalized spacial score (nSPS) is 19.8. The lowest BCUT2D eigenvalue weighted by atomic mass is 9.93. The Labute approximate surface area is 226 Å². The quantitative estimate of drug-likeness (QED) is 0.354. The first-order chi connectivity index (χ1) is 18.5. The molecule has 0 spiro atoms. The van der Waals surface area contributed by atoms with Gasteiger partial charge < -0.3 is 30.3 Å². The van der Waals surface area contributed by atoms with Gasteiger partial charge in [-0.25, -0.2) is 19.2 Å². The molecule has 1 aliphatic heterocycles. The van der Waals surface area contributed by atoms with Crippen molar-refractivity contribution in [2.75, 3.05) is 38.6 Å². The van der Waals surface area contributed by atoms with Crippen molar-refractivity contribution >= 4 is 40.0 Å². The van der Waals surface area contributed by atoms with E-state index in [0.717, 1.165) is 63.7 Å². The van der Waals surface area contributed by atoms with Crippen molar-refractivity contribution in [3.63, 3.8) is 0 Å². The van der Waals surface area contributed by atoms with Crippen molar-refractivity contribution < 1.29 is 18.7 Å². The number of fused-ring (bicyclic) bond motifs is 1. The lowest BCUT2D eigenvalue weighted by Crippen LogP contribution is -2.49. The third-order valence-electron chi connectivity index (χ3n) is 7.05. The van der Waals surface area contributed by atoms with E-state index < -0.39 is 5.82 Å². The van der Waals surface area contributed by atoms with Crippen LogP contribution in [0, 0.1) is 5.82 Å². The number of nitrogens with zero attached hydrogens (tertiary/aromatic N) is 3. The molecule has 0 bridgehead atoms. The minimum atomic E-state index is -0.482. The molecule has 1 aromatic heterocycles. The topological polar surface area (TPSA) is 101 Å². The molecule has 0 unspecified atom stereocenters. The van der Waals surface area contributed by atoms with Gasteiger partial charge in [-0.15, -0.1) is 0 Å². The summed E-state index contributed by atoms with van der Waals surface area (Å²) < 4.78 is 25.6. The molecule has 202 valence electrons. The first kappa shape index (κ1) is 26.2. The van der Waals surface area contributed by atoms with Gasteiger partial charge in [0.1, 0.15) is 18.0 Å². The highest BCUT2D eigenvalue weighted by Gasteiger charge is 2.24. The van der Waals surface area contributed by atoms with Gasteiger partial charge in [-0.1, -0.05) is 11.6 Å². The number of hydrogen-bond donors (Lipinski definition) is 3. The summed E-state index contributed by atoms with van der Waals surface area (Å²) in [4.78, 5) is 22.5. The largest absolute Gasteiger partial charge is 0.493 e. The molecule has 2 fully saturated rings. The van der Waals surface area contributed by atoms with E-state index in [1.807, 2.05) is 17.0 Å². The Morgan fingerprint density at radius 3 is 2.76 bits per heavy atom. The number of carbonyl (C=O) groups excluding carboxylic acids is 1. The Morgan fingerprint density at radius 1 is 1.16 bits per heavy atom. The number of aromatic nitrogens is 2. The van der Waals surface area contributed by atoms with Gasteiger partial charge in [0.15, 0.2) is 11.5 Å². The molecule has 1 saturated carbocycles. The smallest absolute Gasteiger partial charge is 0.317 e. The van der Waals surface area contributed by atoms with Crippen molar-refractivity contribution in [3.05, 3.63) is 47.5 Å². The Balaban J connectivity index is 1.22. The van der Waals surface area contributed by atoms with Crippen LogP contribution < -0.4 is 25.4 Å². The molecule has 0 atom stereocenters. The number of rotatable bonds is 9. The Bertz CT molecular complexity index is 1290. The molecule has 2 heterocycles. The van der Waals surface area contributed by atoms with Crippen molar-refractivity contribution in [3.8, 4) is 11.5 Å². The molecule has 1 aliphatic carbocycles. The monoisotopic (exact) mass is 542 g/mol. The summed E-state index contributed by atoms with van der Waals surface area (Å²) in [6, 6.07) is 8.58. The molecule has 2 aromatic carbocycles. The number of nitrogens with one attached hydrogen (secondary N) is 3. The number of halogens is 2. The van der Waals surface area contributed by atoms with Crippen LogP contribution in [0.25, 0.3) is 10.9 Å². The fourth-order valence-electron chi connectivity index (χ4n) is 4.99. The molecule has 11 heteroatoms. The fourth-order valence-corrected chi connectivity index (χ4v) is 5.17. The van der Waals surface area contributed by atoms with Gasteiger partial charge in [0, 0.05) is 49.4 Å². The van der Waals surface area contributed by atoms with E-state index in [9.17, 15) is 9.18 Å². The zero-order valence-corrected chi connectivity index (χ0v) is 22.1. The minimum Gasteiger partial charge on any atom is -0.493 e. The van der Waals surface area contributed by atoms with Crippen molar-refractivity contribution in [2.24, 2.45) is 0 Å². The van der Waals surface area contributed by atoms with E-state index in [2.05, 4.69) is 25.9 Å². The number of hydrogen-bond acceptors (Lipinski definition) is 7. The molecule has 2 aliphatic rings. The third-order valence-corrected chi connectivity index (χ3v) is 7.34. The van der Waals surface area contributed by atoms with Gasteiger partial charge in [0.25, 0.3) is 0 Å². The van der Waals surface area contributed by atoms with Gasteiger partial charge in [-0.05, 0) is 56.4 Å². The Kier molecular flexibility index (Phi) is 8.29. The maximum Gasteiger partial charge on any atom is 0.317 e. The van der Waals surface area contributed by atoms with Gasteiger partial charge in [0.05, 0.1) is 23.8 Å². The van der Waals surface area contributed by atoms with Gasteiger partial charge >= 0.3 is 6.03 Å². The Hall–Kier alpha value is -3.37. The molecular weight excluding hydrogens is 511 g/mol. The molecule has 1 saturated heterocycles. The maximum atomic E-state index is 13.6. The highest BCUT2D eigenvalue weighted by molar-refractivity contribution is 6.31. The lowest BCUT2D eigenvalue weighted by Gasteiger charge is -2.31. The summed E-state index contributed by atoms with van der Waals surface area (Å²) >= 11 is 5.94. The van der Waals surface area contributed by atoms with Crippen LogP contribution >= 0.6 is 11.6 Å². The van der Waals surface area contributed by atoms with Crippen LogP contribution in [0.4, 0.5) is 20.7 Å². The van der Waals surface area contributed by atoms with Crippen LogP contribution in [-0.4, -0.2) is 66.3 Å². The second-order valence-electron chi connectivity index (χ2n) is 9.61. The van der Waals surface area contributed by atoms with Gasteiger partial charge in [-0.3, -0.25) is 0 Å². The fraction of sp³-hybridized carbons (Fsp3) is 0.444. The molecule has 9 nitrogen and oxygen atoms in total. The van der Waals surface area contributed by atoms with E-state index >= 15 is 0 Å². The highest BCUT2D eigenvalue weighted by Crippen LogP contribution is 2.37. The molecule has 38 heavy (non-hydrogen) atoms. The molecule has 3 aromatic rings. The molecular formula is C27H32ClFN6O3. The third kappa shape index (κ3) is 6.19. The predicted molar refractivity (Wildman–Crippen MR) is 145 cm³/mol. The summed E-state index contributed by atoms with van der Waals surface area (Å²) in [5.41, 5.74) is 1.30. The van der Waals surface area contributed by atoms with Crippen LogP contribution in [0.3, 0.4) is 0 Å². The van der Waals surface area contributed by atoms with Gasteiger partial charge in [-0.2, -0.15) is 0 Å². The number of ether oxygens (including phenoxy) is 2. The van der Waals surface area contributed by atoms with Crippen LogP contribution in [0.15, 0.2) is 36.7 Å². The number of benzene rings is 2. The van der Waals surface area contributed by atoms with Crippen LogP contribution in [0.5, 0.6) is 11.5 Å². The van der Waals surface area contributed by atoms with E-state index in [0.29, 0.717) is 34.6 Å². The summed E-state index contributed by atoms with van der Waals surface area (Å²) in [7, 11) is 1.61. The van der Waals surface area contributed by atoms with Crippen molar-refractivity contribution in [1.82, 2.24) is 25.5 Å². The van der Waals surface area contributed by atoms with Crippen molar-refractivity contribution in [2.45, 2.75) is 44.2 Å². The van der Waals surface area contributed by atoms with E-state index in [1.54, 1.807) is 13.2 Å². The predicted octanol–water partition coefficient (Wildman–Crippen LogP) is 4.87. The molecule has 5 rings (SSSR count). The molecule has 2 amide bonds. The minimum absolute atomic E-state index is 0.0288. The average Bonchev–Trinajstić information content (AvgIpc) is 2.93. The number of urea groups is 1. The van der Waals surface area contributed by atoms with E-state index in [1.165, 1.54) is 18.5 Å². The van der Waals surface area contributed by atoms with E-state index in [4.69, 9.17) is 21.1 Å². The maximum absolute atomic E-state index is 13.6. The average molecular weight is 543 g/mol. The zero-order valence-electron chi connectivity index (χ0n) is 21.3. The summed E-state index contributed by atoms with van der Waals surface area (Å²) in [5.74, 6) is 1.31. The second kappa shape index (κ2) is 12.0. The highest BCUT2D eigenvalue weighted by atomic mass is 35.5. The number of methoxy groups -OCH3 is 1. The lowest BCUT2D eigenvalue weighted by molar-refractivity contribution is 0.134. The number of carbonyl (C=O) groups is 1. The molecule has 3 N–H and O–H groups in total. The second-order valence-corrected chi connectivity index (χ2v) is 10.0. The van der Waals surface area contributed by atoms with Gasteiger partial charge in [0.2, 0.25) is 0 Å². The molecule has 0 radical (unpaired) electrons. The van der Waals surface area contributed by atoms with Crippen LogP contribution in [0.1, 0.15) is 32.1 Å². The first-order valence-electron chi connectivity index (χ1n) is 13.0.